The molecule has 2 heterocycles. The Balaban J connectivity index is 1.59. The summed E-state index contributed by atoms with van der Waals surface area (Å²) in [5.74, 6) is 0.896. The second-order valence-electron chi connectivity index (χ2n) is 8.99. The van der Waals surface area contributed by atoms with E-state index in [1.165, 1.54) is 5.56 Å². The molecule has 0 unspecified atom stereocenters. The molecule has 0 fully saturated rings. The number of nitrogens with one attached hydrogen (secondary N) is 1. The van der Waals surface area contributed by atoms with Gasteiger partial charge in [0.25, 0.3) is 5.91 Å². The number of anilines is 1. The Morgan fingerprint density at radius 1 is 0.865 bits per heavy atom. The highest BCUT2D eigenvalue weighted by Crippen LogP contribution is 2.32. The lowest BCUT2D eigenvalue weighted by molar-refractivity contribution is 0.102. The first-order valence-corrected chi connectivity index (χ1v) is 11.9. The van der Waals surface area contributed by atoms with Gasteiger partial charge in [-0.3, -0.25) is 4.79 Å². The van der Waals surface area contributed by atoms with Gasteiger partial charge in [0.05, 0.1) is 54.3 Å². The van der Waals surface area contributed by atoms with Gasteiger partial charge >= 0.3 is 0 Å². The Morgan fingerprint density at radius 3 is 2.35 bits per heavy atom. The molecule has 0 atom stereocenters. The molecule has 5 aromatic rings. The van der Waals surface area contributed by atoms with Crippen LogP contribution in [0.4, 0.5) is 5.69 Å². The molecule has 0 spiro atoms. The van der Waals surface area contributed by atoms with Crippen LogP contribution >= 0.6 is 0 Å². The van der Waals surface area contributed by atoms with E-state index in [0.29, 0.717) is 28.4 Å². The standard InChI is InChI=1S/C30H28N4O3/c1-18-6-9-21(10-7-18)34-20(3)25(17-31-34)28-16-24(23-14-19(2)8-12-26(23)32-28)30(35)33-27-13-11-22(36-4)15-29(27)37-5/h6-17H,1-5H3,(H,33,35). The first kappa shape index (κ1) is 24.1. The van der Waals surface area contributed by atoms with Gasteiger partial charge < -0.3 is 14.8 Å². The van der Waals surface area contributed by atoms with Crippen LogP contribution in [-0.4, -0.2) is 34.9 Å². The number of nitrogens with zero attached hydrogens (tertiary/aromatic N) is 3. The summed E-state index contributed by atoms with van der Waals surface area (Å²) >= 11 is 0. The van der Waals surface area contributed by atoms with E-state index >= 15 is 0 Å². The Bertz CT molecular complexity index is 1620. The van der Waals surface area contributed by atoms with E-state index < -0.39 is 0 Å². The zero-order valence-electron chi connectivity index (χ0n) is 21.5. The quantitative estimate of drug-likeness (QED) is 0.302. The maximum Gasteiger partial charge on any atom is 0.256 e. The number of methoxy groups -OCH3 is 2. The molecule has 5 rings (SSSR count). The van der Waals surface area contributed by atoms with Crippen molar-refractivity contribution in [1.29, 1.82) is 0 Å². The number of rotatable bonds is 6. The van der Waals surface area contributed by atoms with E-state index in [1.54, 1.807) is 38.6 Å². The van der Waals surface area contributed by atoms with Crippen LogP contribution in [0.25, 0.3) is 27.8 Å². The Kier molecular flexibility index (Phi) is 6.36. The summed E-state index contributed by atoms with van der Waals surface area (Å²) in [6.07, 6.45) is 1.80. The van der Waals surface area contributed by atoms with Crippen molar-refractivity contribution in [1.82, 2.24) is 14.8 Å². The first-order chi connectivity index (χ1) is 17.9. The molecule has 7 nitrogen and oxygen atoms in total. The largest absolute Gasteiger partial charge is 0.497 e. The van der Waals surface area contributed by atoms with Crippen molar-refractivity contribution in [2.24, 2.45) is 0 Å². The van der Waals surface area contributed by atoms with Crippen LogP contribution in [0.1, 0.15) is 27.2 Å². The van der Waals surface area contributed by atoms with Crippen molar-refractivity contribution in [3.8, 4) is 28.4 Å². The molecular formula is C30H28N4O3. The number of hydrogen-bond donors (Lipinski definition) is 1. The van der Waals surface area contributed by atoms with Crippen molar-refractivity contribution in [3.05, 3.63) is 95.3 Å². The lowest BCUT2D eigenvalue weighted by Gasteiger charge is -2.14. The normalized spacial score (nSPS) is 10.9. The van der Waals surface area contributed by atoms with Crippen molar-refractivity contribution in [2.45, 2.75) is 20.8 Å². The second kappa shape index (κ2) is 9.78. The van der Waals surface area contributed by atoms with Crippen molar-refractivity contribution >= 4 is 22.5 Å². The van der Waals surface area contributed by atoms with Gasteiger partial charge in [0.1, 0.15) is 11.5 Å². The number of aromatic nitrogens is 3. The minimum absolute atomic E-state index is 0.258. The molecule has 0 aliphatic rings. The van der Waals surface area contributed by atoms with Gasteiger partial charge in [0, 0.05) is 17.0 Å². The van der Waals surface area contributed by atoms with Crippen LogP contribution in [0.3, 0.4) is 0 Å². The molecule has 0 bridgehead atoms. The van der Waals surface area contributed by atoms with Crippen LogP contribution < -0.4 is 14.8 Å². The molecule has 37 heavy (non-hydrogen) atoms. The van der Waals surface area contributed by atoms with E-state index in [4.69, 9.17) is 14.5 Å². The number of fused-ring (bicyclic) bond motifs is 1. The molecule has 0 radical (unpaired) electrons. The van der Waals surface area contributed by atoms with E-state index in [-0.39, 0.29) is 5.91 Å². The molecule has 1 N–H and O–H groups in total. The molecular weight excluding hydrogens is 464 g/mol. The summed E-state index contributed by atoms with van der Waals surface area (Å²) in [4.78, 5) is 18.5. The molecule has 1 amide bonds. The van der Waals surface area contributed by atoms with Gasteiger partial charge in [-0.2, -0.15) is 5.10 Å². The van der Waals surface area contributed by atoms with Gasteiger partial charge in [0.2, 0.25) is 0 Å². The molecule has 0 saturated carbocycles. The summed E-state index contributed by atoms with van der Waals surface area (Å²) in [5, 5.41) is 8.39. The first-order valence-electron chi connectivity index (χ1n) is 11.9. The number of carbonyl (C=O) groups is 1. The van der Waals surface area contributed by atoms with Crippen molar-refractivity contribution < 1.29 is 14.3 Å². The Labute approximate surface area is 215 Å². The predicted molar refractivity (Wildman–Crippen MR) is 146 cm³/mol. The minimum atomic E-state index is -0.258. The number of pyridine rings is 1. The number of amides is 1. The van der Waals surface area contributed by atoms with Gasteiger partial charge in [-0.15, -0.1) is 0 Å². The van der Waals surface area contributed by atoms with Crippen molar-refractivity contribution in [2.75, 3.05) is 19.5 Å². The highest BCUT2D eigenvalue weighted by Gasteiger charge is 2.19. The average Bonchev–Trinajstić information content (AvgIpc) is 3.29. The number of hydrogen-bond acceptors (Lipinski definition) is 5. The van der Waals surface area contributed by atoms with Crippen LogP contribution in [0, 0.1) is 20.8 Å². The zero-order chi connectivity index (χ0) is 26.1. The van der Waals surface area contributed by atoms with E-state index in [1.807, 2.05) is 54.9 Å². The molecule has 0 aliphatic carbocycles. The summed E-state index contributed by atoms with van der Waals surface area (Å²) in [5.41, 5.74) is 7.47. The van der Waals surface area contributed by atoms with Crippen LogP contribution in [0.5, 0.6) is 11.5 Å². The summed E-state index contributed by atoms with van der Waals surface area (Å²) in [6, 6.07) is 21.2. The zero-order valence-corrected chi connectivity index (χ0v) is 21.5. The van der Waals surface area contributed by atoms with Crippen LogP contribution in [0.2, 0.25) is 0 Å². The lowest BCUT2D eigenvalue weighted by atomic mass is 10.0. The van der Waals surface area contributed by atoms with E-state index in [9.17, 15) is 4.79 Å². The fraction of sp³-hybridized carbons (Fsp3) is 0.167. The number of aryl methyl sites for hydroxylation is 2. The number of benzene rings is 3. The minimum Gasteiger partial charge on any atom is -0.497 e. The monoisotopic (exact) mass is 492 g/mol. The Hall–Kier alpha value is -4.65. The molecule has 2 aromatic heterocycles. The van der Waals surface area contributed by atoms with Gasteiger partial charge in [0.15, 0.2) is 0 Å². The van der Waals surface area contributed by atoms with Gasteiger partial charge in [-0.1, -0.05) is 29.3 Å². The van der Waals surface area contributed by atoms with Crippen molar-refractivity contribution in [3.63, 3.8) is 0 Å². The molecule has 7 heteroatoms. The SMILES string of the molecule is COc1ccc(NC(=O)c2cc(-c3cnn(-c4ccc(C)cc4)c3C)nc3ccc(C)cc23)c(OC)c1. The lowest BCUT2D eigenvalue weighted by Crippen LogP contribution is -2.14. The highest BCUT2D eigenvalue weighted by atomic mass is 16.5. The summed E-state index contributed by atoms with van der Waals surface area (Å²) in [6.45, 7) is 6.06. The predicted octanol–water partition coefficient (Wildman–Crippen LogP) is 6.28. The third-order valence-electron chi connectivity index (χ3n) is 6.43. The van der Waals surface area contributed by atoms with Gasteiger partial charge in [-0.25, -0.2) is 9.67 Å². The smallest absolute Gasteiger partial charge is 0.256 e. The average molecular weight is 493 g/mol. The molecule has 3 aromatic carbocycles. The topological polar surface area (TPSA) is 78.3 Å². The fourth-order valence-corrected chi connectivity index (χ4v) is 4.36. The maximum absolute atomic E-state index is 13.6. The van der Waals surface area contributed by atoms with E-state index in [0.717, 1.165) is 33.4 Å². The van der Waals surface area contributed by atoms with Gasteiger partial charge in [-0.05, 0) is 63.2 Å². The number of ether oxygens (including phenoxy) is 2. The van der Waals surface area contributed by atoms with Crippen LogP contribution in [-0.2, 0) is 0 Å². The summed E-state index contributed by atoms with van der Waals surface area (Å²) < 4.78 is 12.6. The third-order valence-corrected chi connectivity index (χ3v) is 6.43. The maximum atomic E-state index is 13.6. The summed E-state index contributed by atoms with van der Waals surface area (Å²) in [7, 11) is 3.14. The fourth-order valence-electron chi connectivity index (χ4n) is 4.36. The second-order valence-corrected chi connectivity index (χ2v) is 8.99. The molecule has 0 saturated heterocycles. The Morgan fingerprint density at radius 2 is 1.62 bits per heavy atom. The van der Waals surface area contributed by atoms with E-state index in [2.05, 4.69) is 29.5 Å². The highest BCUT2D eigenvalue weighted by molar-refractivity contribution is 6.13. The molecule has 186 valence electrons. The van der Waals surface area contributed by atoms with Crippen LogP contribution in [0.15, 0.2) is 72.9 Å². The molecule has 0 aliphatic heterocycles. The third kappa shape index (κ3) is 4.63. The number of carbonyl (C=O) groups excluding carboxylic acids is 1.